The second-order valence-electron chi connectivity index (χ2n) is 6.13. The molecule has 1 atom stereocenters. The number of aliphatic imine (C=N–C) groups is 1. The van der Waals surface area contributed by atoms with Gasteiger partial charge in [-0.2, -0.15) is 0 Å². The van der Waals surface area contributed by atoms with Gasteiger partial charge in [-0.15, -0.1) is 35.3 Å². The van der Waals surface area contributed by atoms with Gasteiger partial charge in [-0.1, -0.05) is 32.3 Å². The molecule has 0 aliphatic heterocycles. The molecule has 7 heteroatoms. The van der Waals surface area contributed by atoms with Crippen LogP contribution in [0.25, 0.3) is 0 Å². The Balaban J connectivity index is 0.00000288. The molecule has 1 fully saturated rings. The zero-order chi connectivity index (χ0) is 16.5. The van der Waals surface area contributed by atoms with E-state index in [4.69, 9.17) is 0 Å². The maximum atomic E-state index is 12.0. The topological polar surface area (TPSA) is 65.5 Å². The molecule has 1 heterocycles. The molecule has 3 N–H and O–H groups in total. The summed E-state index contributed by atoms with van der Waals surface area (Å²) in [5.74, 6) is 1.14. The smallest absolute Gasteiger partial charge is 0.239 e. The molecule has 136 valence electrons. The van der Waals surface area contributed by atoms with Crippen molar-refractivity contribution in [3.63, 3.8) is 0 Å². The fraction of sp³-hybridized carbons (Fsp3) is 0.647. The van der Waals surface area contributed by atoms with Gasteiger partial charge in [0.2, 0.25) is 5.91 Å². The maximum Gasteiger partial charge on any atom is 0.239 e. The summed E-state index contributed by atoms with van der Waals surface area (Å²) < 4.78 is 0. The minimum absolute atomic E-state index is 0. The molecule has 0 radical (unpaired) electrons. The number of rotatable bonds is 6. The highest BCUT2D eigenvalue weighted by Gasteiger charge is 2.15. The first-order valence-electron chi connectivity index (χ1n) is 8.46. The van der Waals surface area contributed by atoms with Crippen LogP contribution in [0.1, 0.15) is 49.8 Å². The molecule has 0 saturated heterocycles. The number of amides is 1. The van der Waals surface area contributed by atoms with Gasteiger partial charge in [-0.3, -0.25) is 9.79 Å². The van der Waals surface area contributed by atoms with Crippen LogP contribution in [0.5, 0.6) is 0 Å². The molecule has 0 spiro atoms. The molecule has 1 saturated carbocycles. The first kappa shape index (κ1) is 21.2. The molecule has 0 aromatic carbocycles. The highest BCUT2D eigenvalue weighted by molar-refractivity contribution is 14.0. The largest absolute Gasteiger partial charge is 0.356 e. The van der Waals surface area contributed by atoms with Gasteiger partial charge in [0, 0.05) is 30.4 Å². The van der Waals surface area contributed by atoms with E-state index < -0.39 is 0 Å². The minimum Gasteiger partial charge on any atom is -0.356 e. The molecule has 0 bridgehead atoms. The van der Waals surface area contributed by atoms with Crippen molar-refractivity contribution in [1.82, 2.24) is 16.0 Å². The van der Waals surface area contributed by atoms with E-state index >= 15 is 0 Å². The molecule has 2 rings (SSSR count). The Labute approximate surface area is 166 Å². The summed E-state index contributed by atoms with van der Waals surface area (Å²) in [4.78, 5) is 17.5. The zero-order valence-corrected chi connectivity index (χ0v) is 17.7. The Morgan fingerprint density at radius 3 is 2.71 bits per heavy atom. The Kier molecular flexibility index (Phi) is 10.3. The molecule has 1 aliphatic rings. The van der Waals surface area contributed by atoms with Crippen molar-refractivity contribution >= 4 is 47.2 Å². The monoisotopic (exact) mass is 464 g/mol. The fourth-order valence-corrected chi connectivity index (χ4v) is 3.62. The van der Waals surface area contributed by atoms with Gasteiger partial charge in [-0.25, -0.2) is 0 Å². The average molecular weight is 464 g/mol. The van der Waals surface area contributed by atoms with Gasteiger partial charge < -0.3 is 16.0 Å². The SMILES string of the molecule is CN=C(NCC(=O)NC1CCCCC1)NCC(C)c1cccs1.I. The van der Waals surface area contributed by atoms with E-state index in [9.17, 15) is 4.79 Å². The predicted molar refractivity (Wildman–Crippen MR) is 113 cm³/mol. The van der Waals surface area contributed by atoms with Crippen molar-refractivity contribution in [2.24, 2.45) is 4.99 Å². The Bertz CT molecular complexity index is 501. The predicted octanol–water partition coefficient (Wildman–Crippen LogP) is 3.08. The van der Waals surface area contributed by atoms with Crippen LogP contribution in [0.4, 0.5) is 0 Å². The number of guanidine groups is 1. The van der Waals surface area contributed by atoms with Crippen LogP contribution in [-0.4, -0.2) is 38.0 Å². The lowest BCUT2D eigenvalue weighted by Gasteiger charge is -2.23. The fourth-order valence-electron chi connectivity index (χ4n) is 2.83. The number of thiophene rings is 1. The van der Waals surface area contributed by atoms with E-state index in [1.54, 1.807) is 18.4 Å². The van der Waals surface area contributed by atoms with Gasteiger partial charge in [0.15, 0.2) is 5.96 Å². The normalized spacial score (nSPS) is 16.8. The van der Waals surface area contributed by atoms with Gasteiger partial charge in [0.05, 0.1) is 6.54 Å². The number of carbonyl (C=O) groups excluding carboxylic acids is 1. The quantitative estimate of drug-likeness (QED) is 0.345. The van der Waals surface area contributed by atoms with Crippen LogP contribution >= 0.6 is 35.3 Å². The first-order valence-corrected chi connectivity index (χ1v) is 9.34. The Morgan fingerprint density at radius 2 is 2.08 bits per heavy atom. The number of nitrogens with zero attached hydrogens (tertiary/aromatic N) is 1. The van der Waals surface area contributed by atoms with Crippen molar-refractivity contribution in [3.8, 4) is 0 Å². The lowest BCUT2D eigenvalue weighted by molar-refractivity contribution is -0.120. The van der Waals surface area contributed by atoms with Crippen molar-refractivity contribution in [1.29, 1.82) is 0 Å². The molecule has 1 aliphatic carbocycles. The maximum absolute atomic E-state index is 12.0. The van der Waals surface area contributed by atoms with Gasteiger partial charge in [0.25, 0.3) is 0 Å². The van der Waals surface area contributed by atoms with E-state index in [1.807, 2.05) is 0 Å². The van der Waals surface area contributed by atoms with Crippen LogP contribution in [-0.2, 0) is 4.79 Å². The molecule has 1 unspecified atom stereocenters. The van der Waals surface area contributed by atoms with E-state index in [1.165, 1.54) is 24.1 Å². The standard InChI is InChI=1S/C17H28N4OS.HI/c1-13(15-9-6-10-23-15)11-19-17(18-2)20-12-16(22)21-14-7-4-3-5-8-14;/h6,9-10,13-14H,3-5,7-8,11-12H2,1-2H3,(H,21,22)(H2,18,19,20);1H. The second kappa shape index (κ2) is 11.7. The van der Waals surface area contributed by atoms with Gasteiger partial charge >= 0.3 is 0 Å². The van der Waals surface area contributed by atoms with E-state index in [0.29, 0.717) is 17.9 Å². The summed E-state index contributed by atoms with van der Waals surface area (Å²) >= 11 is 1.76. The van der Waals surface area contributed by atoms with Crippen LogP contribution in [0.15, 0.2) is 22.5 Å². The third-order valence-electron chi connectivity index (χ3n) is 4.21. The highest BCUT2D eigenvalue weighted by Crippen LogP contribution is 2.19. The minimum atomic E-state index is 0. The molecule has 1 aromatic rings. The number of hydrogen-bond acceptors (Lipinski definition) is 3. The van der Waals surface area contributed by atoms with Crippen molar-refractivity contribution in [2.75, 3.05) is 20.1 Å². The van der Waals surface area contributed by atoms with Crippen LogP contribution in [0, 0.1) is 0 Å². The van der Waals surface area contributed by atoms with Crippen molar-refractivity contribution in [3.05, 3.63) is 22.4 Å². The number of hydrogen-bond donors (Lipinski definition) is 3. The Hall–Kier alpha value is -0.830. The van der Waals surface area contributed by atoms with Gasteiger partial charge in [0.1, 0.15) is 0 Å². The summed E-state index contributed by atoms with van der Waals surface area (Å²) in [7, 11) is 1.73. The summed E-state index contributed by atoms with van der Waals surface area (Å²) in [5, 5.41) is 11.6. The average Bonchev–Trinajstić information content (AvgIpc) is 3.10. The molecule has 1 amide bonds. The number of carbonyl (C=O) groups is 1. The van der Waals surface area contributed by atoms with E-state index in [2.05, 4.69) is 45.4 Å². The van der Waals surface area contributed by atoms with Crippen LogP contribution in [0.2, 0.25) is 0 Å². The first-order chi connectivity index (χ1) is 11.2. The summed E-state index contributed by atoms with van der Waals surface area (Å²) in [5.41, 5.74) is 0. The van der Waals surface area contributed by atoms with Crippen LogP contribution < -0.4 is 16.0 Å². The third kappa shape index (κ3) is 7.38. The summed E-state index contributed by atoms with van der Waals surface area (Å²) in [6, 6.07) is 4.57. The lowest BCUT2D eigenvalue weighted by Crippen LogP contribution is -2.46. The highest BCUT2D eigenvalue weighted by atomic mass is 127. The summed E-state index contributed by atoms with van der Waals surface area (Å²) in [6.07, 6.45) is 5.96. The summed E-state index contributed by atoms with van der Waals surface area (Å²) in [6.45, 7) is 3.25. The number of halogens is 1. The van der Waals surface area contributed by atoms with E-state index in [-0.39, 0.29) is 36.4 Å². The Morgan fingerprint density at radius 1 is 1.33 bits per heavy atom. The van der Waals surface area contributed by atoms with Gasteiger partial charge in [-0.05, 0) is 24.3 Å². The molecular formula is C17H29IN4OS. The van der Waals surface area contributed by atoms with Crippen LogP contribution in [0.3, 0.4) is 0 Å². The molecule has 1 aromatic heterocycles. The molecule has 5 nitrogen and oxygen atoms in total. The van der Waals surface area contributed by atoms with Crippen molar-refractivity contribution in [2.45, 2.75) is 51.0 Å². The molecular weight excluding hydrogens is 435 g/mol. The lowest BCUT2D eigenvalue weighted by atomic mass is 9.95. The van der Waals surface area contributed by atoms with Crippen molar-refractivity contribution < 1.29 is 4.79 Å². The van der Waals surface area contributed by atoms with E-state index in [0.717, 1.165) is 19.4 Å². The second-order valence-corrected chi connectivity index (χ2v) is 7.10. The third-order valence-corrected chi connectivity index (χ3v) is 5.32. The number of nitrogens with one attached hydrogen (secondary N) is 3. The molecule has 24 heavy (non-hydrogen) atoms. The zero-order valence-electron chi connectivity index (χ0n) is 14.5.